The monoisotopic (exact) mass is 277 g/mol. The van der Waals surface area contributed by atoms with Crippen LogP contribution in [0.15, 0.2) is 24.3 Å². The molecule has 0 atom stereocenters. The van der Waals surface area contributed by atoms with Crippen LogP contribution >= 0.6 is 0 Å². The molecule has 2 N–H and O–H groups in total. The molecule has 0 spiro atoms. The van der Waals surface area contributed by atoms with Crippen LogP contribution in [-0.4, -0.2) is 23.8 Å². The minimum Gasteiger partial charge on any atom is -0.478 e. The van der Waals surface area contributed by atoms with Crippen LogP contribution < -0.4 is 5.32 Å². The lowest BCUT2D eigenvalue weighted by atomic mass is 10.1. The van der Waals surface area contributed by atoms with Gasteiger partial charge in [-0.2, -0.15) is 0 Å². The van der Waals surface area contributed by atoms with E-state index in [9.17, 15) is 9.59 Å². The Morgan fingerprint density at radius 3 is 2.70 bits per heavy atom. The summed E-state index contributed by atoms with van der Waals surface area (Å²) in [6.45, 7) is 6.12. The quantitative estimate of drug-likeness (QED) is 0.810. The third-order valence-corrected chi connectivity index (χ3v) is 2.48. The molecule has 5 nitrogen and oxygen atoms in total. The Hall–Kier alpha value is -2.30. The summed E-state index contributed by atoms with van der Waals surface area (Å²) in [6.07, 6.45) is 2.03. The van der Waals surface area contributed by atoms with Crippen molar-refractivity contribution in [2.75, 3.05) is 11.9 Å². The molecule has 0 radical (unpaired) electrons. The van der Waals surface area contributed by atoms with Gasteiger partial charge in [0.05, 0.1) is 6.61 Å². The summed E-state index contributed by atoms with van der Waals surface area (Å²) < 4.78 is 5.01. The van der Waals surface area contributed by atoms with Crippen molar-refractivity contribution in [1.29, 1.82) is 0 Å². The molecular formula is C15H19NO4. The second kappa shape index (κ2) is 7.33. The number of carbonyl (C=O) groups excluding carboxylic acids is 1. The van der Waals surface area contributed by atoms with Gasteiger partial charge in [0.15, 0.2) is 0 Å². The number of nitrogens with one attached hydrogen (secondary N) is 1. The summed E-state index contributed by atoms with van der Waals surface area (Å²) in [5, 5.41) is 11.2. The SMILES string of the molecule is Cc1ccc(NC(=O)OCC(C)C)cc1C=CC(=O)O. The molecule has 1 amide bonds. The van der Waals surface area contributed by atoms with Crippen LogP contribution in [0.3, 0.4) is 0 Å². The van der Waals surface area contributed by atoms with E-state index in [1.165, 1.54) is 6.08 Å². The van der Waals surface area contributed by atoms with Gasteiger partial charge in [-0.25, -0.2) is 9.59 Å². The first-order valence-electron chi connectivity index (χ1n) is 6.34. The maximum atomic E-state index is 11.5. The van der Waals surface area contributed by atoms with E-state index in [0.29, 0.717) is 12.3 Å². The Morgan fingerprint density at radius 1 is 1.40 bits per heavy atom. The van der Waals surface area contributed by atoms with Gasteiger partial charge in [0.1, 0.15) is 0 Å². The Labute approximate surface area is 118 Å². The van der Waals surface area contributed by atoms with Crippen LogP contribution in [-0.2, 0) is 9.53 Å². The van der Waals surface area contributed by atoms with Crippen molar-refractivity contribution in [3.05, 3.63) is 35.4 Å². The van der Waals surface area contributed by atoms with Gasteiger partial charge in [-0.05, 0) is 42.2 Å². The lowest BCUT2D eigenvalue weighted by molar-refractivity contribution is -0.131. The van der Waals surface area contributed by atoms with E-state index in [0.717, 1.165) is 17.2 Å². The number of anilines is 1. The zero-order valence-corrected chi connectivity index (χ0v) is 11.8. The van der Waals surface area contributed by atoms with E-state index in [2.05, 4.69) is 5.32 Å². The highest BCUT2D eigenvalue weighted by atomic mass is 16.5. The van der Waals surface area contributed by atoms with Gasteiger partial charge in [-0.1, -0.05) is 19.9 Å². The molecule has 1 aromatic rings. The number of carboxylic acid groups (broad SMARTS) is 1. The maximum Gasteiger partial charge on any atom is 0.411 e. The van der Waals surface area contributed by atoms with E-state index < -0.39 is 12.1 Å². The number of ether oxygens (including phenoxy) is 1. The number of benzene rings is 1. The number of carboxylic acids is 1. The molecule has 0 saturated heterocycles. The van der Waals surface area contributed by atoms with Crippen LogP contribution in [0.25, 0.3) is 6.08 Å². The lowest BCUT2D eigenvalue weighted by Crippen LogP contribution is -2.16. The predicted molar refractivity (Wildman–Crippen MR) is 77.7 cm³/mol. The summed E-state index contributed by atoms with van der Waals surface area (Å²) >= 11 is 0. The molecular weight excluding hydrogens is 258 g/mol. The molecule has 0 aliphatic carbocycles. The zero-order valence-electron chi connectivity index (χ0n) is 11.8. The molecule has 0 aliphatic rings. The van der Waals surface area contributed by atoms with E-state index >= 15 is 0 Å². The highest BCUT2D eigenvalue weighted by Gasteiger charge is 2.06. The zero-order chi connectivity index (χ0) is 15.1. The Kier molecular flexibility index (Phi) is 5.77. The second-order valence-electron chi connectivity index (χ2n) is 4.86. The first kappa shape index (κ1) is 15.8. The average molecular weight is 277 g/mol. The molecule has 0 unspecified atom stereocenters. The Balaban J connectivity index is 2.74. The van der Waals surface area contributed by atoms with Crippen LogP contribution in [0.2, 0.25) is 0 Å². The Bertz CT molecular complexity index is 521. The summed E-state index contributed by atoms with van der Waals surface area (Å²) in [6, 6.07) is 5.25. The van der Waals surface area contributed by atoms with Crippen molar-refractivity contribution in [2.24, 2.45) is 5.92 Å². The van der Waals surface area contributed by atoms with Crippen LogP contribution in [0.1, 0.15) is 25.0 Å². The van der Waals surface area contributed by atoms with Gasteiger partial charge in [0, 0.05) is 11.8 Å². The molecule has 0 aliphatic heterocycles. The molecule has 0 heterocycles. The van der Waals surface area contributed by atoms with Gasteiger partial charge in [-0.15, -0.1) is 0 Å². The molecule has 0 saturated carbocycles. The van der Waals surface area contributed by atoms with Crippen molar-refractivity contribution >= 4 is 23.8 Å². The predicted octanol–water partition coefficient (Wildman–Crippen LogP) is 3.30. The van der Waals surface area contributed by atoms with Gasteiger partial charge in [0.2, 0.25) is 0 Å². The van der Waals surface area contributed by atoms with Crippen molar-refractivity contribution in [3.63, 3.8) is 0 Å². The van der Waals surface area contributed by atoms with Gasteiger partial charge < -0.3 is 9.84 Å². The third-order valence-electron chi connectivity index (χ3n) is 2.48. The summed E-state index contributed by atoms with van der Waals surface area (Å²) in [7, 11) is 0. The number of aryl methyl sites for hydroxylation is 1. The fourth-order valence-electron chi connectivity index (χ4n) is 1.46. The minimum atomic E-state index is -1.01. The number of aliphatic carboxylic acids is 1. The fraction of sp³-hybridized carbons (Fsp3) is 0.333. The van der Waals surface area contributed by atoms with Crippen molar-refractivity contribution in [1.82, 2.24) is 0 Å². The molecule has 0 fully saturated rings. The van der Waals surface area contributed by atoms with E-state index in [4.69, 9.17) is 9.84 Å². The highest BCUT2D eigenvalue weighted by Crippen LogP contribution is 2.17. The Morgan fingerprint density at radius 2 is 2.10 bits per heavy atom. The van der Waals surface area contributed by atoms with Gasteiger partial charge in [0.25, 0.3) is 0 Å². The van der Waals surface area contributed by atoms with Crippen molar-refractivity contribution in [3.8, 4) is 0 Å². The number of rotatable bonds is 5. The lowest BCUT2D eigenvalue weighted by Gasteiger charge is -2.10. The van der Waals surface area contributed by atoms with E-state index in [1.807, 2.05) is 20.8 Å². The molecule has 1 rings (SSSR count). The summed E-state index contributed by atoms with van der Waals surface area (Å²) in [4.78, 5) is 22.1. The summed E-state index contributed by atoms with van der Waals surface area (Å²) in [5.41, 5.74) is 2.21. The van der Waals surface area contributed by atoms with Crippen molar-refractivity contribution < 1.29 is 19.4 Å². The first-order valence-corrected chi connectivity index (χ1v) is 6.34. The standard InChI is InChI=1S/C15H19NO4/c1-10(2)9-20-15(19)16-13-6-4-11(3)12(8-13)5-7-14(17)18/h4-8,10H,9H2,1-3H3,(H,16,19)(H,17,18). The van der Waals surface area contributed by atoms with E-state index in [-0.39, 0.29) is 5.92 Å². The summed E-state index contributed by atoms with van der Waals surface area (Å²) in [5.74, 6) is -0.744. The van der Waals surface area contributed by atoms with Gasteiger partial charge >= 0.3 is 12.1 Å². The largest absolute Gasteiger partial charge is 0.478 e. The van der Waals surface area contributed by atoms with Crippen LogP contribution in [0.4, 0.5) is 10.5 Å². The van der Waals surface area contributed by atoms with Gasteiger partial charge in [-0.3, -0.25) is 5.32 Å². The average Bonchev–Trinajstić information content (AvgIpc) is 2.37. The van der Waals surface area contributed by atoms with Crippen LogP contribution in [0, 0.1) is 12.8 Å². The minimum absolute atomic E-state index is 0.271. The molecule has 0 bridgehead atoms. The highest BCUT2D eigenvalue weighted by molar-refractivity contribution is 5.87. The van der Waals surface area contributed by atoms with Crippen molar-refractivity contribution in [2.45, 2.75) is 20.8 Å². The smallest absolute Gasteiger partial charge is 0.411 e. The molecule has 108 valence electrons. The first-order chi connectivity index (χ1) is 9.38. The second-order valence-corrected chi connectivity index (χ2v) is 4.86. The van der Waals surface area contributed by atoms with E-state index in [1.54, 1.807) is 18.2 Å². The topological polar surface area (TPSA) is 75.6 Å². The van der Waals surface area contributed by atoms with Crippen LogP contribution in [0.5, 0.6) is 0 Å². The maximum absolute atomic E-state index is 11.5. The molecule has 0 aromatic heterocycles. The number of amides is 1. The molecule has 5 heteroatoms. The molecule has 20 heavy (non-hydrogen) atoms. The normalized spacial score (nSPS) is 10.8. The number of carbonyl (C=O) groups is 2. The molecule has 1 aromatic carbocycles. The number of hydrogen-bond acceptors (Lipinski definition) is 3. The fourth-order valence-corrected chi connectivity index (χ4v) is 1.46. The number of hydrogen-bond donors (Lipinski definition) is 2. The third kappa shape index (κ3) is 5.56.